The molecule has 0 saturated heterocycles. The number of nitrogens with zero attached hydrogens (tertiary/aromatic N) is 2. The van der Waals surface area contributed by atoms with Crippen molar-refractivity contribution in [2.24, 2.45) is 0 Å². The quantitative estimate of drug-likeness (QED) is 0.828. The lowest BCUT2D eigenvalue weighted by molar-refractivity contribution is -0.105. The van der Waals surface area contributed by atoms with Crippen LogP contribution in [0.1, 0.15) is 34.1 Å². The van der Waals surface area contributed by atoms with E-state index in [4.69, 9.17) is 4.74 Å². The van der Waals surface area contributed by atoms with Gasteiger partial charge >= 0.3 is 0 Å². The number of para-hydroxylation sites is 1. The summed E-state index contributed by atoms with van der Waals surface area (Å²) in [6, 6.07) is 5.70. The van der Waals surface area contributed by atoms with Crippen LogP contribution in [0, 0.1) is 0 Å². The molecule has 2 aromatic rings. The van der Waals surface area contributed by atoms with Gasteiger partial charge in [0.25, 0.3) is 0 Å². The van der Waals surface area contributed by atoms with E-state index in [0.29, 0.717) is 24.5 Å². The SMILES string of the molecule is CCCOc1c(NC=O)cccc1-c1cnn(C(C)(C)C)c1. The topological polar surface area (TPSA) is 56.1 Å². The third-order valence-electron chi connectivity index (χ3n) is 3.26. The molecule has 1 aromatic heterocycles. The van der Waals surface area contributed by atoms with Crippen molar-refractivity contribution in [3.63, 3.8) is 0 Å². The van der Waals surface area contributed by atoms with E-state index in [1.165, 1.54) is 0 Å². The zero-order valence-electron chi connectivity index (χ0n) is 13.6. The first kappa shape index (κ1) is 16.1. The maximum Gasteiger partial charge on any atom is 0.211 e. The van der Waals surface area contributed by atoms with Gasteiger partial charge in [0.1, 0.15) is 0 Å². The van der Waals surface area contributed by atoms with Gasteiger partial charge in [-0.3, -0.25) is 9.48 Å². The normalized spacial score (nSPS) is 11.3. The fourth-order valence-electron chi connectivity index (χ4n) is 2.13. The molecule has 0 unspecified atom stereocenters. The van der Waals surface area contributed by atoms with Crippen LogP contribution in [-0.2, 0) is 10.3 Å². The monoisotopic (exact) mass is 301 g/mol. The summed E-state index contributed by atoms with van der Waals surface area (Å²) in [5.74, 6) is 0.685. The molecule has 1 heterocycles. The van der Waals surface area contributed by atoms with Gasteiger partial charge in [-0.2, -0.15) is 5.10 Å². The van der Waals surface area contributed by atoms with Gasteiger partial charge in [0, 0.05) is 17.3 Å². The van der Waals surface area contributed by atoms with Crippen LogP contribution >= 0.6 is 0 Å². The second kappa shape index (κ2) is 6.64. The summed E-state index contributed by atoms with van der Waals surface area (Å²) in [4.78, 5) is 10.8. The summed E-state index contributed by atoms with van der Waals surface area (Å²) in [6.07, 6.45) is 5.38. The van der Waals surface area contributed by atoms with Gasteiger partial charge in [-0.15, -0.1) is 0 Å². The van der Waals surface area contributed by atoms with E-state index in [9.17, 15) is 4.79 Å². The van der Waals surface area contributed by atoms with Crippen molar-refractivity contribution < 1.29 is 9.53 Å². The third kappa shape index (κ3) is 3.47. The smallest absolute Gasteiger partial charge is 0.211 e. The van der Waals surface area contributed by atoms with Gasteiger partial charge in [0.05, 0.1) is 24.0 Å². The van der Waals surface area contributed by atoms with Crippen LogP contribution in [0.4, 0.5) is 5.69 Å². The molecule has 2 rings (SSSR count). The summed E-state index contributed by atoms with van der Waals surface area (Å²) in [6.45, 7) is 8.94. The molecule has 0 bridgehead atoms. The molecular formula is C17H23N3O2. The number of rotatable bonds is 6. The zero-order chi connectivity index (χ0) is 16.2. The molecule has 1 amide bonds. The fourth-order valence-corrected chi connectivity index (χ4v) is 2.13. The lowest BCUT2D eigenvalue weighted by Crippen LogP contribution is -2.21. The van der Waals surface area contributed by atoms with Crippen molar-refractivity contribution in [2.45, 2.75) is 39.7 Å². The maximum atomic E-state index is 10.8. The Kier molecular flexibility index (Phi) is 4.85. The van der Waals surface area contributed by atoms with Crippen molar-refractivity contribution in [2.75, 3.05) is 11.9 Å². The number of amides is 1. The Labute approximate surface area is 131 Å². The van der Waals surface area contributed by atoms with E-state index in [-0.39, 0.29) is 5.54 Å². The number of nitrogens with one attached hydrogen (secondary N) is 1. The summed E-state index contributed by atoms with van der Waals surface area (Å²) >= 11 is 0. The lowest BCUT2D eigenvalue weighted by atomic mass is 10.1. The largest absolute Gasteiger partial charge is 0.491 e. The minimum absolute atomic E-state index is 0.0820. The van der Waals surface area contributed by atoms with Gasteiger partial charge in [-0.05, 0) is 33.3 Å². The van der Waals surface area contributed by atoms with Gasteiger partial charge in [-0.25, -0.2) is 0 Å². The van der Waals surface area contributed by atoms with Gasteiger partial charge in [-0.1, -0.05) is 19.1 Å². The zero-order valence-corrected chi connectivity index (χ0v) is 13.6. The molecule has 0 radical (unpaired) electrons. The van der Waals surface area contributed by atoms with E-state index >= 15 is 0 Å². The lowest BCUT2D eigenvalue weighted by Gasteiger charge is -2.19. The Hall–Kier alpha value is -2.30. The number of carbonyl (C=O) groups is 1. The highest BCUT2D eigenvalue weighted by atomic mass is 16.5. The summed E-state index contributed by atoms with van der Waals surface area (Å²) < 4.78 is 7.78. The minimum atomic E-state index is -0.0820. The van der Waals surface area contributed by atoms with Gasteiger partial charge < -0.3 is 10.1 Å². The Morgan fingerprint density at radius 3 is 2.73 bits per heavy atom. The molecule has 22 heavy (non-hydrogen) atoms. The van der Waals surface area contributed by atoms with Crippen molar-refractivity contribution in [1.29, 1.82) is 0 Å². The van der Waals surface area contributed by atoms with E-state index in [0.717, 1.165) is 17.5 Å². The first-order valence-corrected chi connectivity index (χ1v) is 7.49. The second-order valence-corrected chi connectivity index (χ2v) is 6.14. The molecular weight excluding hydrogens is 278 g/mol. The minimum Gasteiger partial charge on any atom is -0.491 e. The standard InChI is InChI=1S/C17H23N3O2/c1-5-9-22-16-14(7-6-8-15(16)18-12-21)13-10-19-20(11-13)17(2,3)4/h6-8,10-12H,5,9H2,1-4H3,(H,18,21). The second-order valence-electron chi connectivity index (χ2n) is 6.14. The van der Waals surface area contributed by atoms with Crippen LogP contribution in [0.15, 0.2) is 30.6 Å². The average molecular weight is 301 g/mol. The molecule has 0 atom stereocenters. The van der Waals surface area contributed by atoms with Crippen molar-refractivity contribution in [3.8, 4) is 16.9 Å². The predicted octanol–water partition coefficient (Wildman–Crippen LogP) is 3.66. The summed E-state index contributed by atoms with van der Waals surface area (Å²) in [5, 5.41) is 7.13. The molecule has 0 fully saturated rings. The highest BCUT2D eigenvalue weighted by molar-refractivity contribution is 5.83. The number of aromatic nitrogens is 2. The van der Waals surface area contributed by atoms with Crippen molar-refractivity contribution >= 4 is 12.1 Å². The molecule has 5 nitrogen and oxygen atoms in total. The van der Waals surface area contributed by atoms with Gasteiger partial charge in [0.15, 0.2) is 5.75 Å². The molecule has 0 spiro atoms. The van der Waals surface area contributed by atoms with Crippen molar-refractivity contribution in [3.05, 3.63) is 30.6 Å². The maximum absolute atomic E-state index is 10.8. The number of hydrogen-bond acceptors (Lipinski definition) is 3. The first-order valence-electron chi connectivity index (χ1n) is 7.49. The Bertz CT molecular complexity index is 642. The molecule has 1 N–H and O–H groups in total. The summed E-state index contributed by atoms with van der Waals surface area (Å²) in [7, 11) is 0. The molecule has 0 aliphatic rings. The fraction of sp³-hybridized carbons (Fsp3) is 0.412. The molecule has 0 aliphatic carbocycles. The van der Waals surface area contributed by atoms with E-state index in [1.807, 2.05) is 42.2 Å². The van der Waals surface area contributed by atoms with Crippen LogP contribution in [0.3, 0.4) is 0 Å². The van der Waals surface area contributed by atoms with Crippen LogP contribution in [0.25, 0.3) is 11.1 Å². The first-order chi connectivity index (χ1) is 10.5. The van der Waals surface area contributed by atoms with Crippen LogP contribution in [0.5, 0.6) is 5.75 Å². The van der Waals surface area contributed by atoms with Crippen LogP contribution in [0.2, 0.25) is 0 Å². The number of benzene rings is 1. The summed E-state index contributed by atoms with van der Waals surface area (Å²) in [5.41, 5.74) is 2.48. The van der Waals surface area contributed by atoms with E-state index < -0.39 is 0 Å². The molecule has 118 valence electrons. The van der Waals surface area contributed by atoms with E-state index in [2.05, 4.69) is 31.2 Å². The van der Waals surface area contributed by atoms with Gasteiger partial charge in [0.2, 0.25) is 6.41 Å². The van der Waals surface area contributed by atoms with Crippen molar-refractivity contribution in [1.82, 2.24) is 9.78 Å². The number of carbonyl (C=O) groups excluding carboxylic acids is 1. The molecule has 5 heteroatoms. The third-order valence-corrected chi connectivity index (χ3v) is 3.26. The Morgan fingerprint density at radius 1 is 1.36 bits per heavy atom. The molecule has 1 aromatic carbocycles. The van der Waals surface area contributed by atoms with Crippen LogP contribution < -0.4 is 10.1 Å². The predicted molar refractivity (Wildman–Crippen MR) is 88.1 cm³/mol. The molecule has 0 saturated carbocycles. The highest BCUT2D eigenvalue weighted by Gasteiger charge is 2.17. The van der Waals surface area contributed by atoms with E-state index in [1.54, 1.807) is 0 Å². The Balaban J connectivity index is 2.46. The number of anilines is 1. The number of ether oxygens (including phenoxy) is 1. The Morgan fingerprint density at radius 2 is 2.14 bits per heavy atom. The number of hydrogen-bond donors (Lipinski definition) is 1. The highest BCUT2D eigenvalue weighted by Crippen LogP contribution is 2.36. The average Bonchev–Trinajstić information content (AvgIpc) is 2.96. The molecule has 0 aliphatic heterocycles. The van der Waals surface area contributed by atoms with Crippen LogP contribution in [-0.4, -0.2) is 22.8 Å².